The molecule has 14 rings (SSSR count). The van der Waals surface area contributed by atoms with Crippen LogP contribution in [0.3, 0.4) is 0 Å². The Hall–Kier alpha value is -12.7. The summed E-state index contributed by atoms with van der Waals surface area (Å²) in [4.78, 5) is 84.7. The molecule has 6 amide bonds. The number of nitrogens with one attached hydrogen (secondary N) is 4. The van der Waals surface area contributed by atoms with E-state index >= 15 is 17.6 Å². The Kier molecular flexibility index (Phi) is 27.8. The number of rotatable bonds is 18. The van der Waals surface area contributed by atoms with Gasteiger partial charge in [-0.2, -0.15) is 45.3 Å². The molecule has 6 aliphatic rings. The topological polar surface area (TPSA) is 289 Å². The van der Waals surface area contributed by atoms with E-state index in [4.69, 9.17) is 13.1 Å². The summed E-state index contributed by atoms with van der Waals surface area (Å²) in [6.07, 6.45) is 5.50. The quantitative estimate of drug-likeness (QED) is 0.0293. The van der Waals surface area contributed by atoms with Gasteiger partial charge >= 0.3 is 23.7 Å². The second kappa shape index (κ2) is 37.3. The lowest BCUT2D eigenvalue weighted by molar-refractivity contribution is -0.167. The first-order valence-electron chi connectivity index (χ1n) is 39.0. The number of aryl methyl sites for hydroxylation is 2. The number of hydrogen-bond donors (Lipinski definition) is 8. The number of halogens is 16. The Morgan fingerprint density at radius 2 is 0.690 bits per heavy atom. The van der Waals surface area contributed by atoms with E-state index < -0.39 is 182 Å². The van der Waals surface area contributed by atoms with Gasteiger partial charge in [0.1, 0.15) is 34.9 Å². The summed E-state index contributed by atoms with van der Waals surface area (Å²) >= 11 is 0. The molecule has 0 aliphatic carbocycles. The van der Waals surface area contributed by atoms with Crippen molar-refractivity contribution >= 4 is 69.6 Å². The van der Waals surface area contributed by atoms with Gasteiger partial charge in [0.25, 0.3) is 35.4 Å². The Bertz CT molecular complexity index is 5590. The number of amides is 6. The molecular weight excluding hydrogens is 1690 g/mol. The normalized spacial score (nSPS) is 22.1. The van der Waals surface area contributed by atoms with E-state index in [1.807, 2.05) is 0 Å². The van der Waals surface area contributed by atoms with Crippen molar-refractivity contribution in [2.75, 3.05) is 47.4 Å². The fourth-order valence-electron chi connectivity index (χ4n) is 15.8. The lowest BCUT2D eigenvalue weighted by Gasteiger charge is -2.42. The molecule has 8 aromatic rings. The van der Waals surface area contributed by atoms with Crippen LogP contribution >= 0.6 is 0 Å². The molecule has 0 saturated carbocycles. The van der Waals surface area contributed by atoms with Crippen molar-refractivity contribution in [2.45, 2.75) is 162 Å². The van der Waals surface area contributed by atoms with Crippen LogP contribution in [-0.4, -0.2) is 181 Å². The lowest BCUT2D eigenvalue weighted by atomic mass is 9.92. The number of anilines is 4. The third-order valence-electron chi connectivity index (χ3n) is 22.5. The van der Waals surface area contributed by atoms with Crippen LogP contribution < -0.4 is 21.3 Å². The van der Waals surface area contributed by atoms with Gasteiger partial charge in [-0.15, -0.1) is 0 Å². The molecule has 4 bridgehead atoms. The first-order chi connectivity index (χ1) is 59.0. The van der Waals surface area contributed by atoms with Gasteiger partial charge in [0.15, 0.2) is 11.3 Å². The number of carbonyl (C=O) groups is 6. The Morgan fingerprint density at radius 3 is 0.952 bits per heavy atom. The molecule has 10 atom stereocenters. The van der Waals surface area contributed by atoms with Crippen LogP contribution in [0.15, 0.2) is 159 Å². The van der Waals surface area contributed by atoms with Crippen LogP contribution in [0.25, 0.3) is 9.69 Å². The molecule has 8 heterocycles. The molecule has 40 heteroatoms. The maximum absolute atomic E-state index is 15.4. The minimum Gasteiger partial charge on any atom is -0.393 e. The summed E-state index contributed by atoms with van der Waals surface area (Å²) in [6, 6.07) is 15.1. The number of alkyl halides is 10. The SMILES string of the molecule is C=C(N1[C@@H]2CC[C@H]1CC(O)C2)C(F)(F)c1cc(C(=O)Nc2cnn(C)c2)ccc1F.Cn1cc(NC(=O)c2ccc(F)c(C(F)(F)C(=O)N3CCC(O)C(C)(F)C3)c2)cn1.[C-]#[N+]c1cc(NC(=O)c2ccc(F)c(C(F)(F)C(=C)N3[C@@H]4CC[C@H]3CC(O)C4)c2)ccc1F.[C-]#[N+]c1cc(NC(=O)c2ccc(F)c(C(F)(F)C(=O)N3CCC(O)C(C)(F)C3)c2)ccc1F. The first kappa shape index (κ1) is 94.0. The van der Waals surface area contributed by atoms with E-state index in [-0.39, 0.29) is 89.5 Å². The average molecular weight is 1780 g/mol. The van der Waals surface area contributed by atoms with E-state index in [1.54, 1.807) is 20.3 Å². The standard InChI is InChI=1S/C24H21F4N3O2.C22H18F5N3O3.C21H23F3N4O2.C19H20F4N4O3/c1-13(31-16-5-6-17(31)12-18(32)11-16)24(27,28)19-9-14(3-7-20(19)25)23(33)30-15-4-8-21(26)22(10-15)29-2;1-21(25)11-30(8-7-18(21)31)20(33)22(26,27)14-9-12(3-5-15(14)23)19(32)29-13-4-6-16(24)17(10-13)28-2;1-12(28-15-4-5-16(28)9-17(29)8-15)21(23,24)18-7-13(3-6-19(18)22)20(30)26-14-10-25-27(2)11-14;1-18(21)10-27(6-5-15(18)28)17(30)19(22,23)13-7-11(3-4-14(13)20)16(29)25-12-8-24-26(2)9-12/h3-4,7-10,16-18,32H,1,5-6,11-12H2,(H,30,33);3-6,9-10,18,31H,7-8,11H2,1H3,(H,29,32);3,6-7,10-11,15-17,29H,1,4-5,8-9H2,2H3,(H,26,30);3-4,7-9,15,28H,5-6,10H2,1-2H3,(H,25,29)/t16-,17+,18?;;15-,16+,17?;. The Balaban J connectivity index is 0.000000163. The third kappa shape index (κ3) is 20.5. The molecule has 668 valence electrons. The molecule has 6 unspecified atom stereocenters. The third-order valence-corrected chi connectivity index (χ3v) is 22.5. The molecular formula is C86H82F16N14O10. The van der Waals surface area contributed by atoms with Crippen molar-refractivity contribution in [1.82, 2.24) is 39.2 Å². The molecule has 24 nitrogen and oxygen atoms in total. The number of piperidine rings is 4. The zero-order valence-electron chi connectivity index (χ0n) is 67.4. The van der Waals surface area contributed by atoms with Gasteiger partial charge in [-0.3, -0.25) is 38.1 Å². The Morgan fingerprint density at radius 1 is 0.421 bits per heavy atom. The Labute approximate surface area is 709 Å². The van der Waals surface area contributed by atoms with Crippen molar-refractivity contribution < 1.29 is 119 Å². The van der Waals surface area contributed by atoms with Crippen LogP contribution in [0.4, 0.5) is 104 Å². The average Bonchev–Trinajstić information content (AvgIpc) is 1.63. The largest absolute Gasteiger partial charge is 0.393 e. The van der Waals surface area contributed by atoms with Crippen LogP contribution in [0.2, 0.25) is 0 Å². The predicted octanol–water partition coefficient (Wildman–Crippen LogP) is 15.2. The fraction of sp³-hybridized carbons (Fsp3) is 0.372. The number of fused-ring (bicyclic) bond motifs is 4. The van der Waals surface area contributed by atoms with Crippen LogP contribution in [0, 0.1) is 48.0 Å². The van der Waals surface area contributed by atoms with Gasteiger partial charge < -0.3 is 61.3 Å². The fourth-order valence-corrected chi connectivity index (χ4v) is 15.8. The lowest BCUT2D eigenvalue weighted by Crippen LogP contribution is -2.56. The van der Waals surface area contributed by atoms with E-state index in [2.05, 4.69) is 54.3 Å². The van der Waals surface area contributed by atoms with Crippen LogP contribution in [0.1, 0.15) is 142 Å². The van der Waals surface area contributed by atoms with E-state index in [0.717, 1.165) is 92.7 Å². The number of aliphatic hydroxyl groups is 4. The van der Waals surface area contributed by atoms with E-state index in [0.29, 0.717) is 96.8 Å². The highest BCUT2D eigenvalue weighted by Crippen LogP contribution is 2.49. The van der Waals surface area contributed by atoms with Gasteiger partial charge in [-0.25, -0.2) is 44.8 Å². The number of aromatic nitrogens is 4. The first-order valence-corrected chi connectivity index (χ1v) is 39.0. The number of benzene rings is 6. The smallest absolute Gasteiger partial charge is 0.352 e. The van der Waals surface area contributed by atoms with Gasteiger partial charge in [0.2, 0.25) is 11.4 Å². The molecule has 6 fully saturated rings. The molecule has 8 N–H and O–H groups in total. The van der Waals surface area contributed by atoms with Crippen molar-refractivity contribution in [3.8, 4) is 0 Å². The number of nitrogens with zero attached hydrogens (tertiary/aromatic N) is 10. The van der Waals surface area contributed by atoms with Gasteiger partial charge in [0, 0.05) is 97.4 Å². The number of likely N-dealkylation sites (tertiary alicyclic amines) is 2. The van der Waals surface area contributed by atoms with Crippen molar-refractivity contribution in [2.24, 2.45) is 14.1 Å². The summed E-state index contributed by atoms with van der Waals surface area (Å²) < 4.78 is 237. The molecule has 126 heavy (non-hydrogen) atoms. The summed E-state index contributed by atoms with van der Waals surface area (Å²) in [6.45, 7) is 20.7. The zero-order chi connectivity index (χ0) is 92.4. The van der Waals surface area contributed by atoms with Crippen LogP contribution in [0.5, 0.6) is 0 Å². The van der Waals surface area contributed by atoms with Crippen molar-refractivity contribution in [3.63, 3.8) is 0 Å². The zero-order valence-corrected chi connectivity index (χ0v) is 67.4. The van der Waals surface area contributed by atoms with Gasteiger partial charge in [-0.05, 0) is 187 Å². The van der Waals surface area contributed by atoms with E-state index in [1.165, 1.54) is 43.8 Å². The maximum Gasteiger partial charge on any atom is 0.352 e. The second-order valence-corrected chi connectivity index (χ2v) is 31.6. The summed E-state index contributed by atoms with van der Waals surface area (Å²) in [5.41, 5.74) is -11.1. The molecule has 0 spiro atoms. The number of carbonyl (C=O) groups excluding carboxylic acids is 6. The molecule has 6 saturated heterocycles. The summed E-state index contributed by atoms with van der Waals surface area (Å²) in [5, 5.41) is 56.5. The van der Waals surface area contributed by atoms with Gasteiger partial charge in [0.05, 0.1) is 108 Å². The second-order valence-electron chi connectivity index (χ2n) is 31.6. The highest BCUT2D eigenvalue weighted by molar-refractivity contribution is 6.07. The van der Waals surface area contributed by atoms with Crippen molar-refractivity contribution in [1.29, 1.82) is 0 Å². The minimum atomic E-state index is -4.42. The number of allylic oxidation sites excluding steroid dienone is 2. The molecule has 6 aliphatic heterocycles. The predicted molar refractivity (Wildman–Crippen MR) is 424 cm³/mol. The summed E-state index contributed by atoms with van der Waals surface area (Å²) in [5.74, 6) is -29.9. The monoisotopic (exact) mass is 1770 g/mol. The maximum atomic E-state index is 15.4. The summed E-state index contributed by atoms with van der Waals surface area (Å²) in [7, 11) is 3.28. The van der Waals surface area contributed by atoms with Gasteiger partial charge in [-0.1, -0.05) is 13.2 Å². The highest BCUT2D eigenvalue weighted by Gasteiger charge is 2.55. The van der Waals surface area contributed by atoms with Crippen molar-refractivity contribution in [3.05, 3.63) is 261 Å². The molecule has 2 aromatic heterocycles. The van der Waals surface area contributed by atoms with Crippen LogP contribution in [-0.2, 0) is 47.4 Å². The molecule has 6 aromatic carbocycles. The number of hydrogen-bond acceptors (Lipinski definition) is 14. The molecule has 0 radical (unpaired) electrons. The minimum absolute atomic E-state index is 0.00443. The van der Waals surface area contributed by atoms with E-state index in [9.17, 15) is 102 Å². The highest BCUT2D eigenvalue weighted by atomic mass is 19.3. The number of aliphatic hydroxyl groups excluding tert-OH is 4.